The molecule has 20 heavy (non-hydrogen) atoms. The zero-order valence-electron chi connectivity index (χ0n) is 12.0. The second kappa shape index (κ2) is 5.44. The first-order chi connectivity index (χ1) is 9.43. The van der Waals surface area contributed by atoms with Crippen molar-refractivity contribution in [1.29, 1.82) is 0 Å². The summed E-state index contributed by atoms with van der Waals surface area (Å²) in [7, 11) is 6.56. The topological polar surface area (TPSA) is 77.3 Å². The minimum Gasteiger partial charge on any atom is -0.465 e. The Balaban J connectivity index is 2.13. The number of Topliss-reactive ketones (excluding diaryl/α,β-unsaturated/α-hetero) is 1. The van der Waals surface area contributed by atoms with Gasteiger partial charge in [-0.15, -0.1) is 5.10 Å². The van der Waals surface area contributed by atoms with E-state index in [-0.39, 0.29) is 23.2 Å². The highest BCUT2D eigenvalue weighted by Crippen LogP contribution is 2.48. The molecule has 1 aromatic rings. The highest BCUT2D eigenvalue weighted by molar-refractivity contribution is 6.19. The van der Waals surface area contributed by atoms with Crippen LogP contribution in [0.2, 0.25) is 0 Å². The fraction of sp³-hybridized carbons (Fsp3) is 0.538. The lowest BCUT2D eigenvalue weighted by Gasteiger charge is -2.09. The largest absolute Gasteiger partial charge is 0.465 e. The van der Waals surface area contributed by atoms with Crippen molar-refractivity contribution < 1.29 is 14.3 Å². The van der Waals surface area contributed by atoms with E-state index in [0.717, 1.165) is 5.69 Å². The molecule has 0 aromatic carbocycles. The van der Waals surface area contributed by atoms with Gasteiger partial charge in [-0.05, 0) is 6.42 Å². The second-order valence-corrected chi connectivity index (χ2v) is 5.13. The number of hydrogen-bond acceptors (Lipinski definition) is 6. The maximum absolute atomic E-state index is 12.4. The van der Waals surface area contributed by atoms with Gasteiger partial charge in [-0.1, -0.05) is 5.21 Å². The molecule has 1 aromatic heterocycles. The van der Waals surface area contributed by atoms with E-state index >= 15 is 0 Å². The van der Waals surface area contributed by atoms with Crippen LogP contribution >= 0.6 is 0 Å². The van der Waals surface area contributed by atoms with Crippen molar-refractivity contribution >= 4 is 11.8 Å². The number of methoxy groups -OCH3 is 1. The number of ketones is 1. The van der Waals surface area contributed by atoms with Crippen LogP contribution in [0.15, 0.2) is 18.0 Å². The zero-order chi connectivity index (χ0) is 14.9. The molecule has 0 radical (unpaired) electrons. The molecular formula is C13H18N4O3. The molecule has 0 saturated heterocycles. The van der Waals surface area contributed by atoms with E-state index < -0.39 is 5.97 Å². The lowest BCUT2D eigenvalue weighted by molar-refractivity contribution is -0.138. The van der Waals surface area contributed by atoms with E-state index in [2.05, 4.69) is 15.0 Å². The number of rotatable bonds is 5. The maximum atomic E-state index is 12.4. The summed E-state index contributed by atoms with van der Waals surface area (Å²) >= 11 is 0. The number of ether oxygens (including phenoxy) is 1. The van der Waals surface area contributed by atoms with Crippen LogP contribution in [0.4, 0.5) is 0 Å². The fourth-order valence-corrected chi connectivity index (χ4v) is 2.13. The number of aryl methyl sites for hydroxylation is 1. The number of nitrogens with zero attached hydrogens (tertiary/aromatic N) is 4. The smallest absolute Gasteiger partial charge is 0.342 e. The SMILES string of the molecule is COC(=O)/C(=C\N(C)C)C(=O)[C@@H]1C[C@H]1c1cn(C)nn1. The molecule has 0 aliphatic heterocycles. The summed E-state index contributed by atoms with van der Waals surface area (Å²) in [6, 6.07) is 0. The van der Waals surface area contributed by atoms with Gasteiger partial charge < -0.3 is 9.64 Å². The van der Waals surface area contributed by atoms with E-state index in [1.54, 1.807) is 36.9 Å². The van der Waals surface area contributed by atoms with Crippen molar-refractivity contribution in [3.63, 3.8) is 0 Å². The maximum Gasteiger partial charge on any atom is 0.342 e. The summed E-state index contributed by atoms with van der Waals surface area (Å²) in [6.07, 6.45) is 3.99. The van der Waals surface area contributed by atoms with E-state index in [0.29, 0.717) is 6.42 Å². The Morgan fingerprint density at radius 1 is 1.50 bits per heavy atom. The van der Waals surface area contributed by atoms with Gasteiger partial charge in [-0.3, -0.25) is 9.48 Å². The van der Waals surface area contributed by atoms with E-state index in [4.69, 9.17) is 0 Å². The van der Waals surface area contributed by atoms with Crippen LogP contribution in [-0.4, -0.2) is 52.9 Å². The lowest BCUT2D eigenvalue weighted by Crippen LogP contribution is -2.19. The van der Waals surface area contributed by atoms with E-state index in [1.807, 2.05) is 0 Å². The Morgan fingerprint density at radius 2 is 2.20 bits per heavy atom. The minimum absolute atomic E-state index is 0.0476. The van der Waals surface area contributed by atoms with Gasteiger partial charge in [0.15, 0.2) is 5.78 Å². The third-order valence-corrected chi connectivity index (χ3v) is 3.19. The average molecular weight is 278 g/mol. The van der Waals surface area contributed by atoms with Gasteiger partial charge in [-0.2, -0.15) is 0 Å². The van der Waals surface area contributed by atoms with Crippen molar-refractivity contribution in [2.45, 2.75) is 12.3 Å². The molecule has 1 fully saturated rings. The van der Waals surface area contributed by atoms with Crippen molar-refractivity contribution in [2.75, 3.05) is 21.2 Å². The Bertz CT molecular complexity index is 562. The summed E-state index contributed by atoms with van der Waals surface area (Å²) in [5.41, 5.74) is 0.869. The minimum atomic E-state index is -0.603. The summed E-state index contributed by atoms with van der Waals surface area (Å²) < 4.78 is 6.27. The first-order valence-corrected chi connectivity index (χ1v) is 6.31. The van der Waals surface area contributed by atoms with Gasteiger partial charge in [-0.25, -0.2) is 4.79 Å². The van der Waals surface area contributed by atoms with Crippen LogP contribution in [0.5, 0.6) is 0 Å². The molecule has 1 aliphatic rings. The second-order valence-electron chi connectivity index (χ2n) is 5.13. The molecule has 7 nitrogen and oxygen atoms in total. The first-order valence-electron chi connectivity index (χ1n) is 6.31. The molecule has 0 unspecified atom stereocenters. The zero-order valence-corrected chi connectivity index (χ0v) is 12.0. The van der Waals surface area contributed by atoms with E-state index in [1.165, 1.54) is 13.3 Å². The van der Waals surface area contributed by atoms with Gasteiger partial charge >= 0.3 is 5.97 Å². The summed E-state index contributed by atoms with van der Waals surface area (Å²) in [5.74, 6) is -0.960. The van der Waals surface area contributed by atoms with Gasteiger partial charge in [0.25, 0.3) is 0 Å². The van der Waals surface area contributed by atoms with E-state index in [9.17, 15) is 9.59 Å². The van der Waals surface area contributed by atoms with Crippen LogP contribution in [0.3, 0.4) is 0 Å². The predicted molar refractivity (Wildman–Crippen MR) is 70.6 cm³/mol. The first kappa shape index (κ1) is 14.2. The molecule has 7 heteroatoms. The molecule has 0 bridgehead atoms. The van der Waals surface area contributed by atoms with Crippen molar-refractivity contribution in [1.82, 2.24) is 19.9 Å². The highest BCUT2D eigenvalue weighted by Gasteiger charge is 2.47. The standard InChI is InChI=1S/C13H18N4O3/c1-16(2)6-10(13(19)20-4)12(18)9-5-8(9)11-7-17(3)15-14-11/h6-9H,5H2,1-4H3/b10-6-/t8-,9-/m1/s1. The third-order valence-electron chi connectivity index (χ3n) is 3.19. The van der Waals surface area contributed by atoms with Gasteiger partial charge in [0.2, 0.25) is 0 Å². The molecule has 0 amide bonds. The molecular weight excluding hydrogens is 260 g/mol. The highest BCUT2D eigenvalue weighted by atomic mass is 16.5. The molecule has 2 rings (SSSR count). The number of carbonyl (C=O) groups excluding carboxylic acids is 2. The molecule has 0 spiro atoms. The molecule has 2 atom stereocenters. The Morgan fingerprint density at radius 3 is 2.70 bits per heavy atom. The Labute approximate surface area is 117 Å². The Hall–Kier alpha value is -2.18. The van der Waals surface area contributed by atoms with Gasteiger partial charge in [0.1, 0.15) is 5.57 Å². The molecule has 1 saturated carbocycles. The average Bonchev–Trinajstić information content (AvgIpc) is 3.09. The van der Waals surface area contributed by atoms with Crippen LogP contribution in [0.25, 0.3) is 0 Å². The monoisotopic (exact) mass is 278 g/mol. The van der Waals surface area contributed by atoms with Crippen molar-refractivity contribution in [3.05, 3.63) is 23.7 Å². The molecule has 0 N–H and O–H groups in total. The van der Waals surface area contributed by atoms with Crippen LogP contribution in [0, 0.1) is 5.92 Å². The number of hydrogen-bond donors (Lipinski definition) is 0. The van der Waals surface area contributed by atoms with Crippen molar-refractivity contribution in [2.24, 2.45) is 13.0 Å². The van der Waals surface area contributed by atoms with Crippen LogP contribution < -0.4 is 0 Å². The quantitative estimate of drug-likeness (QED) is 0.329. The van der Waals surface area contributed by atoms with Gasteiger partial charge in [0.05, 0.1) is 12.8 Å². The third kappa shape index (κ3) is 2.87. The summed E-state index contributed by atoms with van der Waals surface area (Å²) in [5, 5.41) is 7.87. The normalized spacial score (nSPS) is 21.5. The number of esters is 1. The van der Waals surface area contributed by atoms with Gasteiger partial charge in [0, 0.05) is 45.4 Å². The summed E-state index contributed by atoms with van der Waals surface area (Å²) in [6.45, 7) is 0. The summed E-state index contributed by atoms with van der Waals surface area (Å²) in [4.78, 5) is 25.7. The molecule has 1 aliphatic carbocycles. The lowest BCUT2D eigenvalue weighted by atomic mass is 10.1. The Kier molecular flexibility index (Phi) is 3.87. The predicted octanol–water partition coefficient (Wildman–Crippen LogP) is 0.106. The fourth-order valence-electron chi connectivity index (χ4n) is 2.13. The van der Waals surface area contributed by atoms with Crippen molar-refractivity contribution in [3.8, 4) is 0 Å². The van der Waals surface area contributed by atoms with Crippen LogP contribution in [-0.2, 0) is 21.4 Å². The molecule has 1 heterocycles. The molecule has 108 valence electrons. The van der Waals surface area contributed by atoms with Crippen LogP contribution in [0.1, 0.15) is 18.0 Å². The number of carbonyl (C=O) groups is 2. The number of aromatic nitrogens is 3.